The van der Waals surface area contributed by atoms with Gasteiger partial charge in [0.25, 0.3) is 0 Å². The van der Waals surface area contributed by atoms with E-state index in [1.165, 1.54) is 198 Å². The molecule has 0 aliphatic carbocycles. The van der Waals surface area contributed by atoms with Crippen LogP contribution in [0.15, 0.2) is 485 Å². The minimum atomic E-state index is 1.16. The average molecular weight is 1670 g/mol. The molecule has 620 valence electrons. The molecule has 8 nitrogen and oxygen atoms in total. The second-order valence-corrected chi connectivity index (χ2v) is 33.4. The molecule has 130 heavy (non-hydrogen) atoms. The number of nitrogens with zero attached hydrogens (tertiary/aromatic N) is 8. The average Bonchev–Trinajstić information content (AvgIpc) is 1.64. The second-order valence-electron chi connectivity index (χ2n) is 33.4. The van der Waals surface area contributed by atoms with Crippen LogP contribution in [0, 0.1) is 0 Å². The summed E-state index contributed by atoms with van der Waals surface area (Å²) >= 11 is 0. The van der Waals surface area contributed by atoms with Gasteiger partial charge in [0.15, 0.2) is 0 Å². The molecule has 0 unspecified atom stereocenters. The molecule has 0 aliphatic heterocycles. The van der Waals surface area contributed by atoms with Gasteiger partial charge in [-0.05, 0) is 214 Å². The van der Waals surface area contributed by atoms with Crippen LogP contribution in [0.5, 0.6) is 0 Å². The van der Waals surface area contributed by atoms with Gasteiger partial charge in [-0.15, -0.1) is 0 Å². The fourth-order valence-electron chi connectivity index (χ4n) is 19.4. The van der Waals surface area contributed by atoms with E-state index in [4.69, 9.17) is 0 Å². The van der Waals surface area contributed by atoms with E-state index in [9.17, 15) is 0 Å². The maximum absolute atomic E-state index is 2.41. The SMILES string of the molecule is CN(c1ccc(-c2ccccc2)cc1)c1ccc2c(c1)c1ccccc1n2-c1cccc2ccccc12.CN(c1ccc(-n2c3ccccc3c3ccccc32)cc1)c1cc2ccccc2c2ccccc12.CN(c1ccccc1)c1ccc2c(c1)c1ccccc1n2-c1cccc2ccccc12.CN(c1ccccc1)c1ccc2c(c1)c1ccccc1n2-c1ccccc1. The number of para-hydroxylation sites is 8. The summed E-state index contributed by atoms with van der Waals surface area (Å²) < 4.78 is 9.52. The Hall–Kier alpha value is -16.9. The number of hydrogen-bond acceptors (Lipinski definition) is 4. The zero-order chi connectivity index (χ0) is 87.1. The Morgan fingerprint density at radius 1 is 0.146 bits per heavy atom. The van der Waals surface area contributed by atoms with Crippen molar-refractivity contribution in [2.24, 2.45) is 0 Å². The van der Waals surface area contributed by atoms with Crippen LogP contribution in [-0.2, 0) is 0 Å². The van der Waals surface area contributed by atoms with E-state index < -0.39 is 0 Å². The van der Waals surface area contributed by atoms with E-state index in [-0.39, 0.29) is 0 Å². The Kier molecular flexibility index (Phi) is 20.8. The molecular formula is C122H92N8. The van der Waals surface area contributed by atoms with Gasteiger partial charge in [-0.3, -0.25) is 0 Å². The molecule has 0 fully saturated rings. The van der Waals surface area contributed by atoms with Gasteiger partial charge < -0.3 is 37.9 Å². The molecule has 0 saturated carbocycles. The van der Waals surface area contributed by atoms with Crippen LogP contribution in [0.25, 0.3) is 164 Å². The number of fused-ring (bicyclic) bond motifs is 17. The third kappa shape index (κ3) is 14.5. The van der Waals surface area contributed by atoms with E-state index in [0.717, 1.165) is 11.4 Å². The lowest BCUT2D eigenvalue weighted by Gasteiger charge is -2.23. The van der Waals surface area contributed by atoms with Gasteiger partial charge in [-0.25, -0.2) is 0 Å². The third-order valence-electron chi connectivity index (χ3n) is 26.0. The van der Waals surface area contributed by atoms with Crippen molar-refractivity contribution in [1.82, 2.24) is 18.3 Å². The van der Waals surface area contributed by atoms with E-state index in [2.05, 4.69) is 545 Å². The van der Waals surface area contributed by atoms with Crippen molar-refractivity contribution in [3.8, 4) is 33.9 Å². The van der Waals surface area contributed by atoms with Crippen LogP contribution in [0.3, 0.4) is 0 Å². The summed E-state index contributed by atoms with van der Waals surface area (Å²) in [6.45, 7) is 0. The predicted molar refractivity (Wildman–Crippen MR) is 557 cm³/mol. The molecule has 8 heteroatoms. The Morgan fingerprint density at radius 2 is 0.415 bits per heavy atom. The highest BCUT2D eigenvalue weighted by Gasteiger charge is 2.22. The van der Waals surface area contributed by atoms with Crippen LogP contribution in [0.2, 0.25) is 0 Å². The fraction of sp³-hybridized carbons (Fsp3) is 0.0328. The number of anilines is 8. The topological polar surface area (TPSA) is 32.7 Å². The maximum atomic E-state index is 2.41. The van der Waals surface area contributed by atoms with Gasteiger partial charge >= 0.3 is 0 Å². The molecule has 0 bridgehead atoms. The van der Waals surface area contributed by atoms with Gasteiger partial charge in [-0.1, -0.05) is 309 Å². The lowest BCUT2D eigenvalue weighted by Crippen LogP contribution is -2.10. The van der Waals surface area contributed by atoms with Crippen LogP contribution in [0.4, 0.5) is 45.5 Å². The number of benzene rings is 21. The van der Waals surface area contributed by atoms with Crippen LogP contribution in [0.1, 0.15) is 0 Å². The van der Waals surface area contributed by atoms with E-state index >= 15 is 0 Å². The highest BCUT2D eigenvalue weighted by molar-refractivity contribution is 6.17. The Labute approximate surface area is 755 Å². The monoisotopic (exact) mass is 1670 g/mol. The Morgan fingerprint density at radius 3 is 0.846 bits per heavy atom. The van der Waals surface area contributed by atoms with Crippen molar-refractivity contribution in [3.63, 3.8) is 0 Å². The zero-order valence-electron chi connectivity index (χ0n) is 72.8. The summed E-state index contributed by atoms with van der Waals surface area (Å²) in [6, 6.07) is 173. The van der Waals surface area contributed by atoms with E-state index in [0.29, 0.717) is 0 Å². The molecule has 0 spiro atoms. The van der Waals surface area contributed by atoms with Crippen LogP contribution < -0.4 is 19.6 Å². The Bertz CT molecular complexity index is 8420. The number of aromatic nitrogens is 4. The van der Waals surface area contributed by atoms with Gasteiger partial charge in [-0.2, -0.15) is 0 Å². The second kappa shape index (κ2) is 34.2. The largest absolute Gasteiger partial charge is 0.345 e. The Balaban J connectivity index is 0.000000102. The van der Waals surface area contributed by atoms with Crippen molar-refractivity contribution in [3.05, 3.63) is 485 Å². The molecule has 0 aliphatic rings. The summed E-state index contributed by atoms with van der Waals surface area (Å²) in [5, 5.41) is 20.3. The zero-order valence-corrected chi connectivity index (χ0v) is 72.8. The predicted octanol–water partition coefficient (Wildman–Crippen LogP) is 32.5. The quantitative estimate of drug-likeness (QED) is 0.108. The number of rotatable bonds is 13. The summed E-state index contributed by atoms with van der Waals surface area (Å²) in [6.07, 6.45) is 0. The highest BCUT2D eigenvalue weighted by Crippen LogP contribution is 2.44. The fourth-order valence-corrected chi connectivity index (χ4v) is 19.4. The normalized spacial score (nSPS) is 11.4. The molecule has 0 atom stereocenters. The first-order valence-corrected chi connectivity index (χ1v) is 44.5. The van der Waals surface area contributed by atoms with Gasteiger partial charge in [0, 0.05) is 144 Å². The lowest BCUT2D eigenvalue weighted by atomic mass is 9.99. The minimum Gasteiger partial charge on any atom is -0.345 e. The van der Waals surface area contributed by atoms with E-state index in [1.54, 1.807) is 0 Å². The maximum Gasteiger partial charge on any atom is 0.0542 e. The van der Waals surface area contributed by atoms with Crippen molar-refractivity contribution in [2.75, 3.05) is 47.8 Å². The van der Waals surface area contributed by atoms with Crippen molar-refractivity contribution < 1.29 is 0 Å². The van der Waals surface area contributed by atoms with Crippen molar-refractivity contribution in [2.45, 2.75) is 0 Å². The molecule has 0 saturated heterocycles. The first kappa shape index (κ1) is 79.0. The van der Waals surface area contributed by atoms with Crippen molar-refractivity contribution in [1.29, 1.82) is 0 Å². The first-order chi connectivity index (χ1) is 64.2. The summed E-state index contributed by atoms with van der Waals surface area (Å²) in [5.74, 6) is 0. The third-order valence-corrected chi connectivity index (χ3v) is 26.0. The number of hydrogen-bond donors (Lipinski definition) is 0. The molecule has 0 amide bonds. The molecule has 4 heterocycles. The van der Waals surface area contributed by atoms with Crippen molar-refractivity contribution >= 4 is 176 Å². The lowest BCUT2D eigenvalue weighted by molar-refractivity contribution is 1.17. The van der Waals surface area contributed by atoms with Gasteiger partial charge in [0.05, 0.1) is 55.5 Å². The van der Waals surface area contributed by atoms with Crippen LogP contribution in [-0.4, -0.2) is 46.5 Å². The molecule has 21 aromatic carbocycles. The molecule has 0 N–H and O–H groups in total. The molecular weight excluding hydrogens is 1580 g/mol. The van der Waals surface area contributed by atoms with E-state index in [1.807, 2.05) is 6.07 Å². The smallest absolute Gasteiger partial charge is 0.0542 e. The molecule has 0 radical (unpaired) electrons. The van der Waals surface area contributed by atoms with Gasteiger partial charge in [0.2, 0.25) is 0 Å². The molecule has 25 rings (SSSR count). The summed E-state index contributed by atoms with van der Waals surface area (Å²) in [4.78, 5) is 9.03. The first-order valence-electron chi connectivity index (χ1n) is 44.5. The highest BCUT2D eigenvalue weighted by atomic mass is 15.1. The minimum absolute atomic E-state index is 1.16. The standard InChI is InChI=1S/C35H26N2.C33H24N2.C29H22N2.C25H20N2/c1-36(28-20-18-26(19-21-28)25-10-3-2-4-11-25)29-22-23-35-32(24-29)31-15-7-8-16-34(31)37(35)33-17-9-13-27-12-5-6-14-30(27)33;1-34(33-22-23-10-2-3-11-26(23)27-12-4-5-13-28(27)33)24-18-20-25(21-19-24)35-31-16-8-6-14-29(31)30-15-7-9-17-32(30)35;1-30(22-12-3-2-4-13-22)23-18-19-29-26(20-23)25-15-7-8-16-28(25)31(29)27-17-9-11-21-10-5-6-14-24(21)27;1-26(19-10-4-2-5-11-19)21-16-17-25-23(18-21)22-14-8-9-15-24(22)27(25)20-12-6-3-7-13-20/h2-24H,1H3;2-22H,1H3;2-20H,1H3;2-18H,1H3. The summed E-state index contributed by atoms with van der Waals surface area (Å²) in [5.41, 5.74) is 26.5. The summed E-state index contributed by atoms with van der Waals surface area (Å²) in [7, 11) is 8.54. The van der Waals surface area contributed by atoms with Gasteiger partial charge in [0.1, 0.15) is 0 Å². The van der Waals surface area contributed by atoms with Crippen LogP contribution >= 0.6 is 0 Å². The molecule has 25 aromatic rings. The molecule has 4 aromatic heterocycles.